The van der Waals surface area contributed by atoms with Gasteiger partial charge in [-0.25, -0.2) is 0 Å². The van der Waals surface area contributed by atoms with Gasteiger partial charge in [0.05, 0.1) is 6.42 Å². The third-order valence-corrected chi connectivity index (χ3v) is 1.70. The number of rotatable bonds is 4. The molecule has 0 bridgehead atoms. The molecule has 0 amide bonds. The van der Waals surface area contributed by atoms with Gasteiger partial charge in [0.2, 0.25) is 3.79 Å². The van der Waals surface area contributed by atoms with Gasteiger partial charge in [0.1, 0.15) is 5.92 Å². The molecule has 0 aliphatic heterocycles. The zero-order valence-corrected chi connectivity index (χ0v) is 7.44. The van der Waals surface area contributed by atoms with Crippen molar-refractivity contribution >= 4 is 38.3 Å². The maximum absolute atomic E-state index is 10.5. The third kappa shape index (κ3) is 3.91. The lowest BCUT2D eigenvalue weighted by Crippen LogP contribution is -2.22. The average molecular weight is 272 g/mol. The minimum atomic E-state index is -1.42. The minimum absolute atomic E-state index is 0.656. The molecule has 0 heterocycles. The number of carbonyl (C=O) groups is 3. The van der Waals surface area contributed by atoms with Crippen molar-refractivity contribution in [3.05, 3.63) is 0 Å². The van der Waals surface area contributed by atoms with Gasteiger partial charge in [0.15, 0.2) is 0 Å². The number of hydrogen-bond acceptors (Lipinski definition) is 3. The van der Waals surface area contributed by atoms with E-state index >= 15 is 0 Å². The molecule has 0 radical (unpaired) electrons. The van der Waals surface area contributed by atoms with Gasteiger partial charge in [-0.1, -0.05) is 0 Å². The minimum Gasteiger partial charge on any atom is -0.481 e. The van der Waals surface area contributed by atoms with Crippen molar-refractivity contribution < 1.29 is 24.6 Å². The van der Waals surface area contributed by atoms with Crippen molar-refractivity contribution in [2.24, 2.45) is 5.92 Å². The normalized spacial score (nSPS) is 12.1. The van der Waals surface area contributed by atoms with E-state index in [0.29, 0.717) is 0 Å². The molecule has 0 aromatic carbocycles. The summed E-state index contributed by atoms with van der Waals surface area (Å²) in [6, 6.07) is 0. The summed E-state index contributed by atoms with van der Waals surface area (Å²) in [6.07, 6.45) is -0.656. The van der Waals surface area contributed by atoms with Gasteiger partial charge >= 0.3 is 11.9 Å². The Morgan fingerprint density at radius 3 is 1.82 bits per heavy atom. The number of carboxylic acid groups (broad SMARTS) is 2. The van der Waals surface area contributed by atoms with Crippen LogP contribution in [0.25, 0.3) is 0 Å². The smallest absolute Gasteiger partial charge is 0.315 e. The van der Waals surface area contributed by atoms with Crippen LogP contribution in [0.2, 0.25) is 0 Å². The molecule has 1 atom stereocenters. The van der Waals surface area contributed by atoms with E-state index in [-0.39, 0.29) is 0 Å². The molecule has 5 nitrogen and oxygen atoms in total. The Hall–Kier alpha value is -0.660. The maximum Gasteiger partial charge on any atom is 0.315 e. The van der Waals surface area contributed by atoms with Crippen LogP contribution in [0.15, 0.2) is 0 Å². The van der Waals surface area contributed by atoms with Crippen LogP contribution in [0.1, 0.15) is 6.42 Å². The molecule has 2 N–H and O–H groups in total. The van der Waals surface area contributed by atoms with E-state index < -0.39 is 28.1 Å². The molecule has 0 aliphatic rings. The fourth-order valence-corrected chi connectivity index (χ4v) is 0.926. The summed E-state index contributed by atoms with van der Waals surface area (Å²) >= 11 is 1.27. The largest absolute Gasteiger partial charge is 0.481 e. The number of carbonyl (C=O) groups excluding carboxylic acids is 1. The molecule has 0 fully saturated rings. The highest BCUT2D eigenvalue weighted by Crippen LogP contribution is 2.09. The van der Waals surface area contributed by atoms with E-state index in [2.05, 4.69) is 0 Å². The highest BCUT2D eigenvalue weighted by Gasteiger charge is 2.26. The van der Waals surface area contributed by atoms with Crippen molar-refractivity contribution in [1.29, 1.82) is 0 Å². The van der Waals surface area contributed by atoms with Crippen LogP contribution in [0.4, 0.5) is 0 Å². The van der Waals surface area contributed by atoms with E-state index in [1.54, 1.807) is 0 Å². The Kier molecular flexibility index (Phi) is 4.01. The number of hydrogen-bond donors (Lipinski definition) is 2. The molecule has 6 heteroatoms. The Labute approximate surface area is 75.5 Å². The SMILES string of the molecule is O=C(O)CC(C(=O)O)C(=O)I. The van der Waals surface area contributed by atoms with Gasteiger partial charge in [-0.3, -0.25) is 14.4 Å². The lowest BCUT2D eigenvalue weighted by atomic mass is 10.1. The predicted octanol–water partition coefficient (Wildman–Crippen LogP) is 0.123. The van der Waals surface area contributed by atoms with Crippen molar-refractivity contribution in [1.82, 2.24) is 0 Å². The molecule has 0 saturated heterocycles. The maximum atomic E-state index is 10.5. The van der Waals surface area contributed by atoms with Crippen LogP contribution < -0.4 is 0 Å². The van der Waals surface area contributed by atoms with Crippen molar-refractivity contribution in [3.8, 4) is 0 Å². The topological polar surface area (TPSA) is 91.7 Å². The first-order valence-electron chi connectivity index (χ1n) is 2.59. The highest BCUT2D eigenvalue weighted by molar-refractivity contribution is 14.1. The Bertz CT molecular complexity index is 185. The summed E-state index contributed by atoms with van der Waals surface area (Å²) in [5, 5.41) is 16.5. The van der Waals surface area contributed by atoms with Gasteiger partial charge < -0.3 is 10.2 Å². The van der Waals surface area contributed by atoms with Gasteiger partial charge in [-0.05, 0) is 0 Å². The molecule has 0 aromatic heterocycles. The first kappa shape index (κ1) is 10.3. The van der Waals surface area contributed by atoms with E-state index in [4.69, 9.17) is 10.2 Å². The van der Waals surface area contributed by atoms with Crippen LogP contribution in [0.3, 0.4) is 0 Å². The first-order chi connectivity index (χ1) is 4.95. The molecular formula is C5H5IO5. The Morgan fingerprint density at radius 2 is 1.73 bits per heavy atom. The summed E-state index contributed by atoms with van der Waals surface area (Å²) < 4.78 is -0.669. The fourth-order valence-electron chi connectivity index (χ4n) is 0.439. The number of halogens is 1. The monoisotopic (exact) mass is 272 g/mol. The van der Waals surface area contributed by atoms with E-state index in [0.717, 1.165) is 0 Å². The van der Waals surface area contributed by atoms with Crippen LogP contribution in [-0.4, -0.2) is 25.9 Å². The van der Waals surface area contributed by atoms with E-state index in [1.165, 1.54) is 22.6 Å². The lowest BCUT2D eigenvalue weighted by Gasteiger charge is -2.01. The van der Waals surface area contributed by atoms with Crippen LogP contribution in [-0.2, 0) is 14.4 Å². The Balaban J connectivity index is 4.23. The van der Waals surface area contributed by atoms with Crippen molar-refractivity contribution in [3.63, 3.8) is 0 Å². The van der Waals surface area contributed by atoms with Crippen LogP contribution in [0, 0.1) is 5.92 Å². The zero-order chi connectivity index (χ0) is 9.02. The quantitative estimate of drug-likeness (QED) is 0.431. The summed E-state index contributed by atoms with van der Waals surface area (Å²) in [6.45, 7) is 0. The first-order valence-corrected chi connectivity index (χ1v) is 3.67. The van der Waals surface area contributed by atoms with Gasteiger partial charge in [-0.15, -0.1) is 0 Å². The molecule has 0 aromatic rings. The zero-order valence-electron chi connectivity index (χ0n) is 5.28. The molecule has 0 saturated carbocycles. The molecule has 62 valence electrons. The van der Waals surface area contributed by atoms with Crippen molar-refractivity contribution in [2.45, 2.75) is 6.42 Å². The highest BCUT2D eigenvalue weighted by atomic mass is 127. The molecule has 0 spiro atoms. The number of carboxylic acids is 2. The second-order valence-electron chi connectivity index (χ2n) is 1.79. The second kappa shape index (κ2) is 4.27. The summed E-state index contributed by atoms with van der Waals surface area (Å²) in [7, 11) is 0. The van der Waals surface area contributed by atoms with Gasteiger partial charge in [-0.2, -0.15) is 0 Å². The molecule has 0 aliphatic carbocycles. The molecule has 0 rings (SSSR count). The molecular weight excluding hydrogens is 267 g/mol. The van der Waals surface area contributed by atoms with Gasteiger partial charge in [0, 0.05) is 22.6 Å². The van der Waals surface area contributed by atoms with E-state index in [9.17, 15) is 14.4 Å². The Morgan fingerprint density at radius 1 is 1.27 bits per heavy atom. The molecule has 11 heavy (non-hydrogen) atoms. The standard InChI is InChI=1S/C5H5IO5/c6-4(9)2(5(10)11)1-3(7)8/h2H,1H2,(H,7,8)(H,10,11). The average Bonchev–Trinajstić information content (AvgIpc) is 1.81. The summed E-state index contributed by atoms with van der Waals surface area (Å²) in [5.74, 6) is -4.11. The fraction of sp³-hybridized carbons (Fsp3) is 0.400. The lowest BCUT2D eigenvalue weighted by molar-refractivity contribution is -0.150. The second-order valence-corrected chi connectivity index (χ2v) is 2.86. The number of aliphatic carboxylic acids is 2. The summed E-state index contributed by atoms with van der Waals surface area (Å²) in [4.78, 5) is 30.7. The third-order valence-electron chi connectivity index (χ3n) is 0.951. The predicted molar refractivity (Wildman–Crippen MR) is 42.4 cm³/mol. The summed E-state index contributed by atoms with van der Waals surface area (Å²) in [5.41, 5.74) is 0. The van der Waals surface area contributed by atoms with E-state index in [1.807, 2.05) is 0 Å². The van der Waals surface area contributed by atoms with Crippen molar-refractivity contribution in [2.75, 3.05) is 0 Å². The van der Waals surface area contributed by atoms with Crippen LogP contribution >= 0.6 is 22.6 Å². The van der Waals surface area contributed by atoms with Gasteiger partial charge in [0.25, 0.3) is 0 Å². The molecule has 1 unspecified atom stereocenters. The van der Waals surface area contributed by atoms with Crippen LogP contribution in [0.5, 0.6) is 0 Å².